The lowest BCUT2D eigenvalue weighted by atomic mass is 10.1. The molecule has 1 saturated heterocycles. The zero-order valence-corrected chi connectivity index (χ0v) is 11.5. The van der Waals surface area contributed by atoms with Gasteiger partial charge < -0.3 is 14.6 Å². The molecular weight excluding hydrogens is 252 g/mol. The van der Waals surface area contributed by atoms with Crippen molar-refractivity contribution in [2.24, 2.45) is 0 Å². The summed E-state index contributed by atoms with van der Waals surface area (Å²) in [6.45, 7) is 4.29. The van der Waals surface area contributed by atoms with Crippen LogP contribution in [0.5, 0.6) is 5.75 Å². The summed E-state index contributed by atoms with van der Waals surface area (Å²) in [5, 5.41) is 10.3. The number of aliphatic hydroxyl groups excluding tert-OH is 1. The Bertz CT molecular complexity index is 406. The van der Waals surface area contributed by atoms with Gasteiger partial charge in [0, 0.05) is 10.6 Å². The van der Waals surface area contributed by atoms with Crippen molar-refractivity contribution < 1.29 is 14.6 Å². The van der Waals surface area contributed by atoms with Crippen LogP contribution in [0.4, 0.5) is 0 Å². The molecule has 0 radical (unpaired) electrons. The quantitative estimate of drug-likeness (QED) is 0.912. The number of hydrogen-bond acceptors (Lipinski definition) is 3. The van der Waals surface area contributed by atoms with Crippen molar-refractivity contribution in [1.29, 1.82) is 0 Å². The molecule has 0 saturated carbocycles. The van der Waals surface area contributed by atoms with E-state index in [1.807, 2.05) is 0 Å². The van der Waals surface area contributed by atoms with Gasteiger partial charge in [0.1, 0.15) is 12.4 Å². The number of benzene rings is 1. The van der Waals surface area contributed by atoms with E-state index in [0.29, 0.717) is 29.0 Å². The van der Waals surface area contributed by atoms with Crippen LogP contribution in [0.1, 0.15) is 38.4 Å². The van der Waals surface area contributed by atoms with Crippen molar-refractivity contribution in [2.45, 2.75) is 45.0 Å². The fourth-order valence-electron chi connectivity index (χ4n) is 2.17. The highest BCUT2D eigenvalue weighted by atomic mass is 35.5. The second-order valence-corrected chi connectivity index (χ2v) is 5.25. The molecule has 3 atom stereocenters. The molecular formula is C14H19ClO3. The van der Waals surface area contributed by atoms with Crippen LogP contribution in [0.25, 0.3) is 0 Å². The summed E-state index contributed by atoms with van der Waals surface area (Å²) in [7, 11) is 0. The van der Waals surface area contributed by atoms with E-state index in [9.17, 15) is 5.11 Å². The minimum Gasteiger partial charge on any atom is -0.490 e. The van der Waals surface area contributed by atoms with Gasteiger partial charge in [-0.15, -0.1) is 0 Å². The molecule has 1 aromatic rings. The lowest BCUT2D eigenvalue weighted by Crippen LogP contribution is -2.18. The van der Waals surface area contributed by atoms with Gasteiger partial charge in [0.25, 0.3) is 0 Å². The van der Waals surface area contributed by atoms with Gasteiger partial charge in [-0.3, -0.25) is 0 Å². The Kier molecular flexibility index (Phi) is 4.49. The summed E-state index contributed by atoms with van der Waals surface area (Å²) in [5.74, 6) is 0.678. The Morgan fingerprint density at radius 3 is 2.89 bits per heavy atom. The van der Waals surface area contributed by atoms with Crippen LogP contribution in [-0.2, 0) is 4.74 Å². The summed E-state index contributed by atoms with van der Waals surface area (Å²) < 4.78 is 11.4. The molecule has 1 N–H and O–H groups in total. The molecule has 100 valence electrons. The smallest absolute Gasteiger partial charge is 0.125 e. The Morgan fingerprint density at radius 1 is 1.50 bits per heavy atom. The summed E-state index contributed by atoms with van der Waals surface area (Å²) in [5.41, 5.74) is 0.716. The van der Waals surface area contributed by atoms with Crippen LogP contribution in [0, 0.1) is 0 Å². The molecule has 0 amide bonds. The number of aliphatic hydroxyl groups is 1. The number of rotatable bonds is 4. The van der Waals surface area contributed by atoms with Gasteiger partial charge in [-0.2, -0.15) is 0 Å². The number of halogens is 1. The fraction of sp³-hybridized carbons (Fsp3) is 0.571. The molecule has 1 heterocycles. The molecule has 1 aliphatic rings. The normalized spacial score (nSPS) is 25.1. The second-order valence-electron chi connectivity index (χ2n) is 4.82. The van der Waals surface area contributed by atoms with Gasteiger partial charge in [0.2, 0.25) is 0 Å². The maximum absolute atomic E-state index is 9.69. The Morgan fingerprint density at radius 2 is 2.28 bits per heavy atom. The molecule has 0 bridgehead atoms. The second kappa shape index (κ2) is 5.91. The zero-order chi connectivity index (χ0) is 13.1. The topological polar surface area (TPSA) is 38.7 Å². The van der Waals surface area contributed by atoms with E-state index in [1.165, 1.54) is 0 Å². The Hall–Kier alpha value is -0.770. The van der Waals surface area contributed by atoms with E-state index in [1.54, 1.807) is 25.1 Å². The summed E-state index contributed by atoms with van der Waals surface area (Å²) in [6, 6.07) is 5.29. The molecule has 1 fully saturated rings. The van der Waals surface area contributed by atoms with Gasteiger partial charge in [-0.1, -0.05) is 11.6 Å². The monoisotopic (exact) mass is 270 g/mol. The van der Waals surface area contributed by atoms with Crippen LogP contribution in [0.2, 0.25) is 5.02 Å². The van der Waals surface area contributed by atoms with Gasteiger partial charge in [0.15, 0.2) is 0 Å². The van der Waals surface area contributed by atoms with Crippen molar-refractivity contribution in [3.05, 3.63) is 28.8 Å². The van der Waals surface area contributed by atoms with Gasteiger partial charge in [-0.05, 0) is 44.9 Å². The Labute approximate surface area is 113 Å². The maximum atomic E-state index is 9.69. The van der Waals surface area contributed by atoms with E-state index in [4.69, 9.17) is 21.1 Å². The molecule has 0 aromatic heterocycles. The highest BCUT2D eigenvalue weighted by Crippen LogP contribution is 2.29. The highest BCUT2D eigenvalue weighted by Gasteiger charge is 2.22. The van der Waals surface area contributed by atoms with Gasteiger partial charge in [-0.25, -0.2) is 0 Å². The minimum atomic E-state index is -0.595. The van der Waals surface area contributed by atoms with E-state index in [-0.39, 0.29) is 6.10 Å². The van der Waals surface area contributed by atoms with E-state index >= 15 is 0 Å². The third-order valence-electron chi connectivity index (χ3n) is 3.17. The molecule has 3 unspecified atom stereocenters. The average molecular weight is 271 g/mol. The summed E-state index contributed by atoms with van der Waals surface area (Å²) in [6.07, 6.45) is 1.98. The SMILES string of the molecule is CC1CCC(COc2ccc(Cl)cc2C(C)O)O1. The Balaban J connectivity index is 2.00. The molecule has 1 aromatic carbocycles. The first-order valence-corrected chi connectivity index (χ1v) is 6.70. The highest BCUT2D eigenvalue weighted by molar-refractivity contribution is 6.30. The molecule has 1 aliphatic heterocycles. The van der Waals surface area contributed by atoms with Crippen molar-refractivity contribution in [1.82, 2.24) is 0 Å². The van der Waals surface area contributed by atoms with E-state index in [0.717, 1.165) is 12.8 Å². The van der Waals surface area contributed by atoms with Crippen molar-refractivity contribution in [2.75, 3.05) is 6.61 Å². The van der Waals surface area contributed by atoms with Gasteiger partial charge in [0.05, 0.1) is 18.3 Å². The largest absolute Gasteiger partial charge is 0.490 e. The maximum Gasteiger partial charge on any atom is 0.125 e. The average Bonchev–Trinajstić information content (AvgIpc) is 2.73. The third kappa shape index (κ3) is 3.37. The molecule has 18 heavy (non-hydrogen) atoms. The van der Waals surface area contributed by atoms with Crippen LogP contribution in [0.15, 0.2) is 18.2 Å². The predicted molar refractivity (Wildman–Crippen MR) is 71.1 cm³/mol. The van der Waals surface area contributed by atoms with Crippen molar-refractivity contribution in [3.63, 3.8) is 0 Å². The van der Waals surface area contributed by atoms with E-state index < -0.39 is 6.10 Å². The molecule has 3 nitrogen and oxygen atoms in total. The zero-order valence-electron chi connectivity index (χ0n) is 10.7. The first kappa shape index (κ1) is 13.7. The van der Waals surface area contributed by atoms with Crippen molar-refractivity contribution >= 4 is 11.6 Å². The predicted octanol–water partition coefficient (Wildman–Crippen LogP) is 3.34. The summed E-state index contributed by atoms with van der Waals surface area (Å²) in [4.78, 5) is 0. The lowest BCUT2D eigenvalue weighted by Gasteiger charge is -2.16. The third-order valence-corrected chi connectivity index (χ3v) is 3.40. The number of hydrogen-bond donors (Lipinski definition) is 1. The first-order chi connectivity index (χ1) is 8.56. The molecule has 0 spiro atoms. The van der Waals surface area contributed by atoms with Crippen molar-refractivity contribution in [3.8, 4) is 5.75 Å². The molecule has 0 aliphatic carbocycles. The summed E-state index contributed by atoms with van der Waals surface area (Å²) >= 11 is 5.92. The molecule has 4 heteroatoms. The van der Waals surface area contributed by atoms with Crippen LogP contribution in [0.3, 0.4) is 0 Å². The first-order valence-electron chi connectivity index (χ1n) is 6.32. The minimum absolute atomic E-state index is 0.150. The molecule has 2 rings (SSSR count). The number of ether oxygens (including phenoxy) is 2. The lowest BCUT2D eigenvalue weighted by molar-refractivity contribution is 0.0257. The van der Waals surface area contributed by atoms with Gasteiger partial charge >= 0.3 is 0 Å². The van der Waals surface area contributed by atoms with E-state index in [2.05, 4.69) is 6.92 Å². The van der Waals surface area contributed by atoms with Crippen LogP contribution in [-0.4, -0.2) is 23.9 Å². The van der Waals surface area contributed by atoms with Crippen LogP contribution < -0.4 is 4.74 Å². The standard InChI is InChI=1S/C14H19ClO3/c1-9-3-5-12(18-9)8-17-14-6-4-11(15)7-13(14)10(2)16/h4,6-7,9-10,12,16H,3,5,8H2,1-2H3. The van der Waals surface area contributed by atoms with Crippen LogP contribution >= 0.6 is 11.6 Å². The fourth-order valence-corrected chi connectivity index (χ4v) is 2.35.